The Kier molecular flexibility index (Phi) is 11.2. The van der Waals surface area contributed by atoms with E-state index in [1.807, 2.05) is 65.0 Å². The lowest BCUT2D eigenvalue weighted by atomic mass is 9.43. The molecule has 0 radical (unpaired) electrons. The molecule has 0 aromatic heterocycles. The highest BCUT2D eigenvalue weighted by Crippen LogP contribution is 2.66. The Morgan fingerprint density at radius 3 is 2.18 bits per heavy atom. The zero-order valence-corrected chi connectivity index (χ0v) is 35.0. The van der Waals surface area contributed by atoms with E-state index >= 15 is 4.79 Å². The van der Waals surface area contributed by atoms with Crippen molar-refractivity contribution in [1.29, 1.82) is 0 Å². The number of Topliss-reactive ketones (excluding diaryl/α,β-unsaturated/α-hetero) is 2. The number of amides is 1. The number of carbonyl (C=O) groups is 5. The molecule has 1 saturated heterocycles. The van der Waals surface area contributed by atoms with Gasteiger partial charge < -0.3 is 29.4 Å². The van der Waals surface area contributed by atoms with Crippen LogP contribution in [0.15, 0.2) is 71.8 Å². The lowest BCUT2D eigenvalue weighted by Gasteiger charge is -2.67. The van der Waals surface area contributed by atoms with Crippen molar-refractivity contribution in [3.05, 3.63) is 82.9 Å². The number of hydrogen-bond donors (Lipinski definition) is 2. The van der Waals surface area contributed by atoms with Crippen LogP contribution in [0, 0.1) is 34.5 Å². The van der Waals surface area contributed by atoms with Gasteiger partial charge in [0.1, 0.15) is 35.0 Å². The van der Waals surface area contributed by atoms with E-state index in [1.54, 1.807) is 58.0 Å². The minimum atomic E-state index is -1.86. The van der Waals surface area contributed by atoms with E-state index in [-0.39, 0.29) is 48.9 Å². The molecular weight excluding hydrogens is 727 g/mol. The zero-order chi connectivity index (χ0) is 41.9. The molecule has 11 nitrogen and oxygen atoms in total. The molecule has 10 atom stereocenters. The van der Waals surface area contributed by atoms with Gasteiger partial charge >= 0.3 is 18.0 Å². The maximum absolute atomic E-state index is 15.1. The molecule has 1 heterocycles. The smallest absolute Gasteiger partial charge is 0.408 e. The normalized spacial score (nSPS) is 32.8. The number of benzene rings is 2. The fourth-order valence-corrected chi connectivity index (χ4v) is 10.3. The fourth-order valence-electron chi connectivity index (χ4n) is 10.3. The SMILES string of the molecule is CC(=O)O[C@@]12CO[C@@H]1C[C@H](C)[C@@]1(C)C(=O)CC3=C(C)[C@@H](CC(=O)[C@H](C)[C@@H](NC(=O)OC(C)(C)C)c4ccccc4)C[C@@](O)([C@@H](OC(=O)c4ccccc4)[C@H]21)C3(C)C. The first-order valence-corrected chi connectivity index (χ1v) is 20.2. The van der Waals surface area contributed by atoms with Crippen LogP contribution in [-0.4, -0.2) is 70.3 Å². The number of ether oxygens (including phenoxy) is 4. The third-order valence-electron chi connectivity index (χ3n) is 13.9. The lowest BCUT2D eigenvalue weighted by molar-refractivity contribution is -0.338. The van der Waals surface area contributed by atoms with Gasteiger partial charge in [0.2, 0.25) is 0 Å². The molecule has 0 spiro atoms. The molecular formula is C46H59NO10. The summed E-state index contributed by atoms with van der Waals surface area (Å²) in [7, 11) is 0. The molecule has 2 bridgehead atoms. The number of hydrogen-bond acceptors (Lipinski definition) is 10. The van der Waals surface area contributed by atoms with Gasteiger partial charge in [0.25, 0.3) is 0 Å². The molecule has 11 heteroatoms. The number of nitrogens with one attached hydrogen (secondary N) is 1. The largest absolute Gasteiger partial charge is 0.455 e. The Hall–Kier alpha value is -4.35. The Balaban J connectivity index is 1.46. The van der Waals surface area contributed by atoms with E-state index in [1.165, 1.54) is 6.92 Å². The molecule has 308 valence electrons. The fraction of sp³-hybridized carbons (Fsp3) is 0.587. The van der Waals surface area contributed by atoms with Crippen LogP contribution in [0.2, 0.25) is 0 Å². The average Bonchev–Trinajstić information content (AvgIpc) is 3.13. The van der Waals surface area contributed by atoms with Crippen molar-refractivity contribution in [2.24, 2.45) is 34.5 Å². The molecule has 57 heavy (non-hydrogen) atoms. The summed E-state index contributed by atoms with van der Waals surface area (Å²) in [6, 6.07) is 17.0. The van der Waals surface area contributed by atoms with Gasteiger partial charge in [-0.2, -0.15) is 0 Å². The summed E-state index contributed by atoms with van der Waals surface area (Å²) in [5.41, 5.74) is -3.81. The number of esters is 2. The van der Waals surface area contributed by atoms with Crippen LogP contribution in [0.5, 0.6) is 0 Å². The van der Waals surface area contributed by atoms with Gasteiger partial charge in [-0.3, -0.25) is 14.4 Å². The molecule has 2 saturated carbocycles. The van der Waals surface area contributed by atoms with Crippen molar-refractivity contribution < 1.29 is 48.0 Å². The summed E-state index contributed by atoms with van der Waals surface area (Å²) < 4.78 is 24.5. The van der Waals surface area contributed by atoms with Crippen LogP contribution in [0.25, 0.3) is 0 Å². The van der Waals surface area contributed by atoms with Crippen molar-refractivity contribution in [1.82, 2.24) is 5.32 Å². The summed E-state index contributed by atoms with van der Waals surface area (Å²) in [6.07, 6.45) is -2.21. The number of fused-ring (bicyclic) bond motifs is 5. The summed E-state index contributed by atoms with van der Waals surface area (Å²) in [5.74, 6) is -4.13. The van der Waals surface area contributed by atoms with Crippen molar-refractivity contribution in [3.8, 4) is 0 Å². The molecule has 4 aliphatic rings. The number of alkyl carbamates (subject to hydrolysis) is 1. The van der Waals surface area contributed by atoms with Crippen LogP contribution in [0.4, 0.5) is 4.79 Å². The topological polar surface area (TPSA) is 155 Å². The molecule has 0 unspecified atom stereocenters. The minimum Gasteiger partial charge on any atom is -0.455 e. The van der Waals surface area contributed by atoms with Crippen LogP contribution in [0.3, 0.4) is 0 Å². The number of allylic oxidation sites excluding steroid dienone is 1. The molecule has 6 rings (SSSR count). The molecule has 3 fully saturated rings. The van der Waals surface area contributed by atoms with E-state index < -0.39 is 81.7 Å². The standard InChI is InChI=1S/C46H59NO10/c1-26-21-36-45(25-54-36,56-29(4)48)38-39(55-40(51)31-19-15-12-16-20-31)46(53)24-32(27(2)33(43(46,8)9)23-35(50)44(26,38)10)22-34(49)28(3)37(30-17-13-11-14-18-30)47-41(52)57-42(5,6)7/h11-20,26,28,32,36-39,53H,21-25H2,1-10H3,(H,47,52)/t26-,28-,32-,36+,37+,38-,39-,44-,45-,46+/m0/s1. The van der Waals surface area contributed by atoms with Crippen molar-refractivity contribution >= 4 is 29.6 Å². The Labute approximate surface area is 336 Å². The highest BCUT2D eigenvalue weighted by molar-refractivity contribution is 5.91. The minimum absolute atomic E-state index is 0.00680. The summed E-state index contributed by atoms with van der Waals surface area (Å²) in [5, 5.41) is 16.6. The molecule has 2 N–H and O–H groups in total. The average molecular weight is 786 g/mol. The Bertz CT molecular complexity index is 1930. The molecule has 2 aromatic rings. The Morgan fingerprint density at radius 1 is 1.00 bits per heavy atom. The van der Waals surface area contributed by atoms with Crippen LogP contribution in [-0.2, 0) is 33.3 Å². The first-order valence-electron chi connectivity index (χ1n) is 20.2. The second kappa shape index (κ2) is 15.1. The molecule has 2 aromatic carbocycles. The van der Waals surface area contributed by atoms with Gasteiger partial charge in [-0.25, -0.2) is 9.59 Å². The lowest BCUT2D eigenvalue weighted by Crippen LogP contribution is -2.79. The van der Waals surface area contributed by atoms with Crippen LogP contribution >= 0.6 is 0 Å². The summed E-state index contributed by atoms with van der Waals surface area (Å²) >= 11 is 0. The maximum atomic E-state index is 15.1. The molecule has 3 aliphatic carbocycles. The summed E-state index contributed by atoms with van der Waals surface area (Å²) in [4.78, 5) is 69.9. The van der Waals surface area contributed by atoms with Gasteiger partial charge in [-0.15, -0.1) is 0 Å². The first-order chi connectivity index (χ1) is 26.6. The van der Waals surface area contributed by atoms with Gasteiger partial charge in [0.15, 0.2) is 5.60 Å². The first kappa shape index (κ1) is 42.3. The highest BCUT2D eigenvalue weighted by Gasteiger charge is 2.76. The third kappa shape index (κ3) is 7.35. The van der Waals surface area contributed by atoms with Crippen LogP contribution < -0.4 is 5.32 Å². The zero-order valence-electron chi connectivity index (χ0n) is 35.0. The molecule has 1 aliphatic heterocycles. The third-order valence-corrected chi connectivity index (χ3v) is 13.9. The second-order valence-electron chi connectivity index (χ2n) is 18.6. The highest BCUT2D eigenvalue weighted by atomic mass is 16.6. The second-order valence-corrected chi connectivity index (χ2v) is 18.6. The van der Waals surface area contributed by atoms with Gasteiger partial charge in [0.05, 0.1) is 24.1 Å². The number of rotatable bonds is 9. The van der Waals surface area contributed by atoms with Gasteiger partial charge in [-0.1, -0.05) is 94.3 Å². The number of ketones is 2. The van der Waals surface area contributed by atoms with Gasteiger partial charge in [-0.05, 0) is 70.1 Å². The van der Waals surface area contributed by atoms with Crippen molar-refractivity contribution in [2.75, 3.05) is 6.61 Å². The van der Waals surface area contributed by atoms with E-state index in [2.05, 4.69) is 5.32 Å². The summed E-state index contributed by atoms with van der Waals surface area (Å²) in [6.45, 7) is 17.8. The van der Waals surface area contributed by atoms with Gasteiger partial charge in [0, 0.05) is 36.5 Å². The molecule has 1 amide bonds. The van der Waals surface area contributed by atoms with Crippen molar-refractivity contribution in [3.63, 3.8) is 0 Å². The van der Waals surface area contributed by atoms with Crippen molar-refractivity contribution in [2.45, 2.75) is 130 Å². The van der Waals surface area contributed by atoms with E-state index in [9.17, 15) is 24.3 Å². The predicted molar refractivity (Wildman–Crippen MR) is 212 cm³/mol. The van der Waals surface area contributed by atoms with Crippen LogP contribution in [0.1, 0.15) is 117 Å². The van der Waals surface area contributed by atoms with E-state index in [0.717, 1.165) is 11.1 Å². The van der Waals surface area contributed by atoms with E-state index in [4.69, 9.17) is 18.9 Å². The maximum Gasteiger partial charge on any atom is 0.408 e. The monoisotopic (exact) mass is 785 g/mol. The predicted octanol–water partition coefficient (Wildman–Crippen LogP) is 7.50. The quantitative estimate of drug-likeness (QED) is 0.148. The number of carbonyl (C=O) groups excluding carboxylic acids is 5. The Morgan fingerprint density at radius 2 is 1.61 bits per heavy atom. The number of aliphatic hydroxyl groups is 1. The van der Waals surface area contributed by atoms with E-state index in [0.29, 0.717) is 12.0 Å².